The van der Waals surface area contributed by atoms with E-state index in [9.17, 15) is 4.79 Å². The van der Waals surface area contributed by atoms with Crippen molar-refractivity contribution in [2.45, 2.75) is 18.9 Å². The minimum Gasteiger partial charge on any atom is -0.279 e. The fourth-order valence-electron chi connectivity index (χ4n) is 3.89. The summed E-state index contributed by atoms with van der Waals surface area (Å²) in [7, 11) is 0. The van der Waals surface area contributed by atoms with E-state index in [4.69, 9.17) is 16.6 Å². The first kappa shape index (κ1) is 15.2. The smallest absolute Gasteiger partial charge is 0.239 e. The van der Waals surface area contributed by atoms with Gasteiger partial charge in [-0.3, -0.25) is 9.69 Å². The molecule has 1 atom stereocenters. The van der Waals surface area contributed by atoms with Gasteiger partial charge >= 0.3 is 0 Å². The molecule has 2 heterocycles. The number of aliphatic imine (C=N–C) groups is 1. The van der Waals surface area contributed by atoms with Crippen LogP contribution in [0.1, 0.15) is 29.2 Å². The Balaban J connectivity index is 1.73. The van der Waals surface area contributed by atoms with Crippen LogP contribution in [0.4, 0.5) is 0 Å². The van der Waals surface area contributed by atoms with Crippen molar-refractivity contribution < 1.29 is 4.79 Å². The summed E-state index contributed by atoms with van der Waals surface area (Å²) in [5.41, 5.74) is 5.92. The van der Waals surface area contributed by atoms with Crippen LogP contribution in [0.25, 0.3) is 5.70 Å². The molecule has 0 unspecified atom stereocenters. The first-order valence-corrected chi connectivity index (χ1v) is 9.69. The molecule has 2 aliphatic heterocycles. The van der Waals surface area contributed by atoms with Gasteiger partial charge in [-0.1, -0.05) is 59.8 Å². The van der Waals surface area contributed by atoms with Crippen LogP contribution >= 0.6 is 23.4 Å². The number of amides is 1. The molecule has 5 heteroatoms. The normalized spacial score (nSPS) is 21.6. The van der Waals surface area contributed by atoms with E-state index in [2.05, 4.69) is 24.3 Å². The van der Waals surface area contributed by atoms with Crippen LogP contribution in [0.15, 0.2) is 59.1 Å². The lowest BCUT2D eigenvalue weighted by Crippen LogP contribution is -2.38. The van der Waals surface area contributed by atoms with E-state index >= 15 is 0 Å². The summed E-state index contributed by atoms with van der Waals surface area (Å²) < 4.78 is 0. The second-order valence-electron chi connectivity index (χ2n) is 6.43. The molecule has 2 aromatic carbocycles. The molecule has 124 valence electrons. The molecule has 5 rings (SSSR count). The zero-order valence-corrected chi connectivity index (χ0v) is 15.0. The monoisotopic (exact) mass is 366 g/mol. The summed E-state index contributed by atoms with van der Waals surface area (Å²) in [5.74, 6) is 0.597. The van der Waals surface area contributed by atoms with Crippen molar-refractivity contribution in [1.29, 1.82) is 0 Å². The number of aryl methyl sites for hydroxylation is 1. The number of fused-ring (bicyclic) bond motifs is 3. The van der Waals surface area contributed by atoms with E-state index in [0.717, 1.165) is 29.3 Å². The van der Waals surface area contributed by atoms with Crippen molar-refractivity contribution in [1.82, 2.24) is 4.90 Å². The molecule has 0 N–H and O–H groups in total. The second kappa shape index (κ2) is 5.75. The molecule has 0 saturated carbocycles. The largest absolute Gasteiger partial charge is 0.279 e. The highest BCUT2D eigenvalue weighted by Gasteiger charge is 2.42. The Morgan fingerprint density at radius 3 is 2.72 bits per heavy atom. The summed E-state index contributed by atoms with van der Waals surface area (Å²) in [5, 5.41) is 1.53. The first-order chi connectivity index (χ1) is 12.2. The lowest BCUT2D eigenvalue weighted by Gasteiger charge is -2.37. The number of halogens is 1. The van der Waals surface area contributed by atoms with Crippen LogP contribution < -0.4 is 0 Å². The van der Waals surface area contributed by atoms with Gasteiger partial charge in [0.05, 0.1) is 17.5 Å². The molecule has 1 amide bonds. The SMILES string of the molecule is O=C1CSC2=NC3=C(CCc4ccccc43)[C@@H](c3ccc(Cl)cc3)N12. The Morgan fingerprint density at radius 1 is 1.08 bits per heavy atom. The third-order valence-corrected chi connectivity index (χ3v) is 6.21. The van der Waals surface area contributed by atoms with Crippen molar-refractivity contribution in [3.63, 3.8) is 0 Å². The van der Waals surface area contributed by atoms with E-state index in [1.165, 1.54) is 28.5 Å². The van der Waals surface area contributed by atoms with Crippen LogP contribution in [0.2, 0.25) is 5.02 Å². The molecule has 0 radical (unpaired) electrons. The molecule has 1 saturated heterocycles. The maximum atomic E-state index is 12.6. The zero-order valence-electron chi connectivity index (χ0n) is 13.4. The third kappa shape index (κ3) is 2.35. The summed E-state index contributed by atoms with van der Waals surface area (Å²) >= 11 is 7.61. The molecule has 3 aliphatic rings. The Labute approximate surface area is 155 Å². The number of amidine groups is 1. The van der Waals surface area contributed by atoms with Crippen molar-refractivity contribution >= 4 is 40.1 Å². The van der Waals surface area contributed by atoms with Gasteiger partial charge in [0.2, 0.25) is 5.91 Å². The van der Waals surface area contributed by atoms with Crippen LogP contribution in [-0.2, 0) is 11.2 Å². The van der Waals surface area contributed by atoms with Gasteiger partial charge < -0.3 is 0 Å². The van der Waals surface area contributed by atoms with Crippen LogP contribution in [-0.4, -0.2) is 21.7 Å². The highest BCUT2D eigenvalue weighted by atomic mass is 35.5. The first-order valence-electron chi connectivity index (χ1n) is 8.33. The van der Waals surface area contributed by atoms with Gasteiger partial charge in [-0.15, -0.1) is 0 Å². The zero-order chi connectivity index (χ0) is 17.0. The van der Waals surface area contributed by atoms with E-state index in [1.807, 2.05) is 29.2 Å². The van der Waals surface area contributed by atoms with Gasteiger partial charge in [0.25, 0.3) is 0 Å². The fourth-order valence-corrected chi connectivity index (χ4v) is 4.91. The summed E-state index contributed by atoms with van der Waals surface area (Å²) in [4.78, 5) is 19.3. The van der Waals surface area contributed by atoms with E-state index < -0.39 is 0 Å². The molecular formula is C20H15ClN2OS. The number of carbonyl (C=O) groups excluding carboxylic acids is 1. The molecule has 25 heavy (non-hydrogen) atoms. The molecule has 0 spiro atoms. The van der Waals surface area contributed by atoms with E-state index in [0.29, 0.717) is 10.8 Å². The molecular weight excluding hydrogens is 352 g/mol. The molecule has 0 bridgehead atoms. The van der Waals surface area contributed by atoms with Crippen LogP contribution in [0, 0.1) is 0 Å². The Kier molecular flexibility index (Phi) is 3.50. The average Bonchev–Trinajstić information content (AvgIpc) is 3.01. The number of carbonyl (C=O) groups is 1. The number of hydrogen-bond acceptors (Lipinski definition) is 3. The van der Waals surface area contributed by atoms with Gasteiger partial charge in [-0.05, 0) is 41.7 Å². The van der Waals surface area contributed by atoms with Gasteiger partial charge in [0.1, 0.15) is 0 Å². The topological polar surface area (TPSA) is 32.7 Å². The maximum absolute atomic E-state index is 12.6. The number of nitrogens with zero attached hydrogens (tertiary/aromatic N) is 2. The lowest BCUT2D eigenvalue weighted by atomic mass is 9.82. The Bertz CT molecular complexity index is 948. The molecule has 3 nitrogen and oxygen atoms in total. The van der Waals surface area contributed by atoms with E-state index in [1.54, 1.807) is 0 Å². The van der Waals surface area contributed by atoms with Gasteiger partial charge in [0, 0.05) is 10.6 Å². The average molecular weight is 367 g/mol. The van der Waals surface area contributed by atoms with Crippen molar-refractivity contribution in [3.8, 4) is 0 Å². The highest BCUT2D eigenvalue weighted by Crippen LogP contribution is 2.47. The maximum Gasteiger partial charge on any atom is 0.239 e. The predicted molar refractivity (Wildman–Crippen MR) is 103 cm³/mol. The summed E-state index contributed by atoms with van der Waals surface area (Å²) in [6.45, 7) is 0. The Morgan fingerprint density at radius 2 is 1.88 bits per heavy atom. The molecule has 1 fully saturated rings. The number of thioether (sulfide) groups is 1. The van der Waals surface area contributed by atoms with Crippen molar-refractivity contribution in [2.24, 2.45) is 4.99 Å². The molecule has 1 aliphatic carbocycles. The molecule has 0 aromatic heterocycles. The van der Waals surface area contributed by atoms with Crippen LogP contribution in [0.5, 0.6) is 0 Å². The standard InChI is InChI=1S/C20H15ClN2OS/c21-14-8-5-13(6-9-14)19-16-10-7-12-3-1-2-4-15(12)18(16)22-20-23(19)17(24)11-25-20/h1-6,8-9,19H,7,10-11H2/t19-/m1/s1. The fraction of sp³-hybridized carbons (Fsp3) is 0.200. The minimum atomic E-state index is -0.0735. The number of rotatable bonds is 1. The summed E-state index contributed by atoms with van der Waals surface area (Å²) in [6.07, 6.45) is 1.91. The van der Waals surface area contributed by atoms with Gasteiger partial charge in [-0.2, -0.15) is 0 Å². The van der Waals surface area contributed by atoms with E-state index in [-0.39, 0.29) is 11.9 Å². The quantitative estimate of drug-likeness (QED) is 0.733. The second-order valence-corrected chi connectivity index (χ2v) is 7.81. The van der Waals surface area contributed by atoms with Gasteiger partial charge in [0.15, 0.2) is 5.17 Å². The molecule has 2 aromatic rings. The number of hydrogen-bond donors (Lipinski definition) is 0. The Hall–Kier alpha value is -2.04. The van der Waals surface area contributed by atoms with Gasteiger partial charge in [-0.25, -0.2) is 4.99 Å². The summed E-state index contributed by atoms with van der Waals surface area (Å²) in [6, 6.07) is 16.2. The highest BCUT2D eigenvalue weighted by molar-refractivity contribution is 8.15. The number of benzene rings is 2. The predicted octanol–water partition coefficient (Wildman–Crippen LogP) is 4.68. The lowest BCUT2D eigenvalue weighted by molar-refractivity contribution is -0.125. The van der Waals surface area contributed by atoms with Crippen molar-refractivity contribution in [3.05, 3.63) is 75.8 Å². The minimum absolute atomic E-state index is 0.0735. The van der Waals surface area contributed by atoms with Crippen LogP contribution in [0.3, 0.4) is 0 Å². The van der Waals surface area contributed by atoms with Crippen molar-refractivity contribution in [2.75, 3.05) is 5.75 Å². The third-order valence-electron chi connectivity index (χ3n) is 5.02.